The van der Waals surface area contributed by atoms with Crippen LogP contribution in [0.4, 0.5) is 0 Å². The molecular formula is C31H46O3. The molecule has 1 aromatic rings. The van der Waals surface area contributed by atoms with Crippen LogP contribution in [0.2, 0.25) is 0 Å². The van der Waals surface area contributed by atoms with Crippen molar-refractivity contribution in [1.29, 1.82) is 0 Å². The Morgan fingerprint density at radius 3 is 1.97 bits per heavy atom. The van der Waals surface area contributed by atoms with Crippen molar-refractivity contribution in [3.63, 3.8) is 0 Å². The van der Waals surface area contributed by atoms with E-state index in [1.54, 1.807) is 19.1 Å². The van der Waals surface area contributed by atoms with Crippen molar-refractivity contribution < 1.29 is 14.3 Å². The van der Waals surface area contributed by atoms with Gasteiger partial charge in [-0.05, 0) is 44.4 Å². The highest BCUT2D eigenvalue weighted by Gasteiger charge is 2.77. The summed E-state index contributed by atoms with van der Waals surface area (Å²) in [7, 11) is 0. The Labute approximate surface area is 207 Å². The number of fused-ring (bicyclic) bond motifs is 2. The zero-order chi connectivity index (χ0) is 24.9. The van der Waals surface area contributed by atoms with E-state index in [0.29, 0.717) is 17.5 Å². The first-order chi connectivity index (χ1) is 16.1. The van der Waals surface area contributed by atoms with Crippen LogP contribution >= 0.6 is 0 Å². The van der Waals surface area contributed by atoms with Crippen molar-refractivity contribution >= 4 is 11.6 Å². The fraction of sp³-hybridized carbons (Fsp3) is 0.677. The monoisotopic (exact) mass is 466 g/mol. The summed E-state index contributed by atoms with van der Waals surface area (Å²) < 4.78 is 5.91. The summed E-state index contributed by atoms with van der Waals surface area (Å²) in [6, 6.07) is 7.12. The molecule has 0 bridgehead atoms. The fourth-order valence-electron chi connectivity index (χ4n) is 5.63. The minimum atomic E-state index is -1.00. The van der Waals surface area contributed by atoms with Crippen LogP contribution in [-0.4, -0.2) is 22.8 Å². The van der Waals surface area contributed by atoms with E-state index < -0.39 is 11.2 Å². The summed E-state index contributed by atoms with van der Waals surface area (Å²) in [5.74, 6) is 2.34. The minimum Gasteiger partial charge on any atom is -0.345 e. The Morgan fingerprint density at radius 1 is 0.853 bits per heavy atom. The molecule has 1 fully saturated rings. The Balaban J connectivity index is 1.39. The SMILES string of the molecule is C/C(=C\C[C@]12O[C@]1(C)C(=O)c1ccccc1C2=O)CCC[C@@H](C)CCC[C@H](C)CCCC(C)C. The van der Waals surface area contributed by atoms with E-state index in [2.05, 4.69) is 40.7 Å². The van der Waals surface area contributed by atoms with Crippen LogP contribution in [-0.2, 0) is 4.74 Å². The van der Waals surface area contributed by atoms with Crippen LogP contribution in [0.3, 0.4) is 0 Å². The summed E-state index contributed by atoms with van der Waals surface area (Å²) in [6.45, 7) is 13.3. The van der Waals surface area contributed by atoms with E-state index in [-0.39, 0.29) is 11.6 Å². The van der Waals surface area contributed by atoms with E-state index in [4.69, 9.17) is 4.74 Å². The van der Waals surface area contributed by atoms with Crippen LogP contribution in [0.1, 0.15) is 126 Å². The number of rotatable bonds is 14. The predicted molar refractivity (Wildman–Crippen MR) is 140 cm³/mol. The first kappa shape index (κ1) is 26.9. The Morgan fingerprint density at radius 2 is 1.38 bits per heavy atom. The molecule has 0 saturated carbocycles. The highest BCUT2D eigenvalue weighted by molar-refractivity contribution is 6.25. The van der Waals surface area contributed by atoms with Gasteiger partial charge < -0.3 is 4.74 Å². The molecule has 0 N–H and O–H groups in total. The highest BCUT2D eigenvalue weighted by atomic mass is 16.6. The number of carbonyl (C=O) groups is 2. The molecule has 0 aromatic heterocycles. The number of ether oxygens (including phenoxy) is 1. The number of Topliss-reactive ketones (excluding diaryl/α,β-unsaturated/α-hetero) is 2. The largest absolute Gasteiger partial charge is 0.345 e. The van der Waals surface area contributed by atoms with Crippen LogP contribution in [0, 0.1) is 17.8 Å². The lowest BCUT2D eigenvalue weighted by Crippen LogP contribution is -2.43. The molecule has 4 atom stereocenters. The molecule has 0 radical (unpaired) electrons. The smallest absolute Gasteiger partial charge is 0.199 e. The van der Waals surface area contributed by atoms with E-state index in [1.165, 1.54) is 56.9 Å². The predicted octanol–water partition coefficient (Wildman–Crippen LogP) is 8.37. The minimum absolute atomic E-state index is 0.0405. The zero-order valence-corrected chi connectivity index (χ0v) is 22.4. The zero-order valence-electron chi connectivity index (χ0n) is 22.4. The molecule has 1 heterocycles. The Kier molecular flexibility index (Phi) is 8.95. The molecule has 188 valence electrons. The summed E-state index contributed by atoms with van der Waals surface area (Å²) >= 11 is 0. The molecule has 0 spiro atoms. The fourth-order valence-corrected chi connectivity index (χ4v) is 5.63. The number of carbonyl (C=O) groups excluding carboxylic acids is 2. The topological polar surface area (TPSA) is 46.7 Å². The van der Waals surface area contributed by atoms with Gasteiger partial charge in [0.25, 0.3) is 0 Å². The molecule has 2 aliphatic rings. The first-order valence-corrected chi connectivity index (χ1v) is 13.6. The molecule has 1 saturated heterocycles. The number of allylic oxidation sites excluding steroid dienone is 1. The molecule has 3 rings (SSSR count). The lowest BCUT2D eigenvalue weighted by molar-refractivity contribution is 0.0847. The van der Waals surface area contributed by atoms with Crippen LogP contribution in [0.25, 0.3) is 0 Å². The van der Waals surface area contributed by atoms with Crippen LogP contribution < -0.4 is 0 Å². The van der Waals surface area contributed by atoms with Gasteiger partial charge in [0.2, 0.25) is 0 Å². The van der Waals surface area contributed by atoms with Crippen molar-refractivity contribution in [2.45, 2.75) is 117 Å². The van der Waals surface area contributed by atoms with E-state index in [0.717, 1.165) is 24.2 Å². The van der Waals surface area contributed by atoms with Gasteiger partial charge >= 0.3 is 0 Å². The Bertz CT molecular complexity index is 898. The first-order valence-electron chi connectivity index (χ1n) is 13.6. The van der Waals surface area contributed by atoms with Gasteiger partial charge in [-0.25, -0.2) is 0 Å². The standard InChI is InChI=1S/C31H46O3/c1-22(2)12-9-13-23(3)14-10-15-24(4)16-11-17-25(5)20-21-31-29(33)27-19-8-7-18-26(27)28(32)30(31,6)34-31/h7-8,18-20,22-24H,9-17,21H2,1-6H3/b25-20+/t23-,24+,30-,31-/m1/s1. The molecule has 3 heteroatoms. The van der Waals surface area contributed by atoms with Crippen molar-refractivity contribution in [3.8, 4) is 0 Å². The Hall–Kier alpha value is -1.74. The number of epoxide rings is 1. The highest BCUT2D eigenvalue weighted by Crippen LogP contribution is 2.57. The number of hydrogen-bond acceptors (Lipinski definition) is 3. The second kappa shape index (κ2) is 11.3. The molecule has 0 amide bonds. The lowest BCUT2D eigenvalue weighted by atomic mass is 9.73. The van der Waals surface area contributed by atoms with Crippen LogP contribution in [0.15, 0.2) is 35.9 Å². The molecule has 0 unspecified atom stereocenters. The molecule has 3 nitrogen and oxygen atoms in total. The van der Waals surface area contributed by atoms with Gasteiger partial charge in [0.1, 0.15) is 0 Å². The third-order valence-electron chi connectivity index (χ3n) is 8.20. The number of hydrogen-bond donors (Lipinski definition) is 0. The molecule has 1 aliphatic heterocycles. The second-order valence-corrected chi connectivity index (χ2v) is 11.8. The van der Waals surface area contributed by atoms with Gasteiger partial charge in [0, 0.05) is 17.5 Å². The summed E-state index contributed by atoms with van der Waals surface area (Å²) in [6.07, 6.45) is 14.2. The van der Waals surface area contributed by atoms with Gasteiger partial charge in [-0.2, -0.15) is 0 Å². The van der Waals surface area contributed by atoms with E-state index >= 15 is 0 Å². The molecule has 34 heavy (non-hydrogen) atoms. The van der Waals surface area contributed by atoms with Gasteiger partial charge in [0.15, 0.2) is 22.8 Å². The maximum absolute atomic E-state index is 13.2. The van der Waals surface area contributed by atoms with Crippen LogP contribution in [0.5, 0.6) is 0 Å². The maximum Gasteiger partial charge on any atom is 0.199 e. The van der Waals surface area contributed by atoms with Gasteiger partial charge in [-0.15, -0.1) is 0 Å². The summed E-state index contributed by atoms with van der Waals surface area (Å²) in [5, 5.41) is 0. The molecular weight excluding hydrogens is 420 g/mol. The average Bonchev–Trinajstić information content (AvgIpc) is 3.43. The number of ketones is 2. The third kappa shape index (κ3) is 5.90. The molecule has 1 aliphatic carbocycles. The van der Waals surface area contributed by atoms with Gasteiger partial charge in [-0.1, -0.05) is 109 Å². The average molecular weight is 467 g/mol. The summed E-state index contributed by atoms with van der Waals surface area (Å²) in [4.78, 5) is 26.1. The van der Waals surface area contributed by atoms with Crippen molar-refractivity contribution in [2.75, 3.05) is 0 Å². The van der Waals surface area contributed by atoms with Gasteiger partial charge in [0.05, 0.1) is 0 Å². The quantitative estimate of drug-likeness (QED) is 0.204. The second-order valence-electron chi connectivity index (χ2n) is 11.8. The lowest BCUT2D eigenvalue weighted by Gasteiger charge is -2.22. The van der Waals surface area contributed by atoms with Crippen molar-refractivity contribution in [1.82, 2.24) is 0 Å². The maximum atomic E-state index is 13.2. The summed E-state index contributed by atoms with van der Waals surface area (Å²) in [5.41, 5.74) is 0.297. The van der Waals surface area contributed by atoms with Crippen molar-refractivity contribution in [2.24, 2.45) is 17.8 Å². The number of benzene rings is 1. The van der Waals surface area contributed by atoms with E-state index in [1.807, 2.05) is 12.1 Å². The normalized spacial score (nSPS) is 25.8. The van der Waals surface area contributed by atoms with Gasteiger partial charge in [-0.3, -0.25) is 9.59 Å². The molecule has 1 aromatic carbocycles. The van der Waals surface area contributed by atoms with E-state index in [9.17, 15) is 9.59 Å². The van der Waals surface area contributed by atoms with Crippen molar-refractivity contribution in [3.05, 3.63) is 47.0 Å². The third-order valence-corrected chi connectivity index (χ3v) is 8.20.